The van der Waals surface area contributed by atoms with Crippen molar-refractivity contribution in [1.82, 2.24) is 9.97 Å². The van der Waals surface area contributed by atoms with Gasteiger partial charge in [0.15, 0.2) is 0 Å². The Kier molecular flexibility index (Phi) is 5.57. The fraction of sp³-hybridized carbons (Fsp3) is 0.150. The lowest BCUT2D eigenvalue weighted by molar-refractivity contribution is 0.102. The first-order valence-electron chi connectivity index (χ1n) is 8.29. The molecule has 0 aliphatic rings. The van der Waals surface area contributed by atoms with Crippen molar-refractivity contribution in [1.29, 1.82) is 0 Å². The van der Waals surface area contributed by atoms with Crippen molar-refractivity contribution in [2.75, 3.05) is 17.7 Å². The Bertz CT molecular complexity index is 991. The zero-order valence-corrected chi connectivity index (χ0v) is 16.0. The number of carbonyl (C=O) groups excluding carboxylic acids is 1. The summed E-state index contributed by atoms with van der Waals surface area (Å²) < 4.78 is 5.32. The van der Waals surface area contributed by atoms with E-state index in [1.807, 2.05) is 31.2 Å². The number of amides is 1. The van der Waals surface area contributed by atoms with Crippen LogP contribution in [0.25, 0.3) is 0 Å². The maximum Gasteiger partial charge on any atom is 0.274 e. The van der Waals surface area contributed by atoms with Crippen LogP contribution in [0.2, 0.25) is 5.02 Å². The monoisotopic (exact) mass is 382 g/mol. The van der Waals surface area contributed by atoms with Gasteiger partial charge in [0, 0.05) is 16.4 Å². The molecule has 1 aromatic heterocycles. The molecule has 3 aromatic rings. The first-order chi connectivity index (χ1) is 13.0. The van der Waals surface area contributed by atoms with Crippen molar-refractivity contribution in [3.8, 4) is 5.75 Å². The number of aromatic nitrogens is 2. The van der Waals surface area contributed by atoms with Crippen LogP contribution >= 0.6 is 11.6 Å². The number of nitrogens with zero attached hydrogens (tertiary/aromatic N) is 2. The number of aryl methyl sites for hydroxylation is 2. The summed E-state index contributed by atoms with van der Waals surface area (Å²) in [7, 11) is 1.59. The summed E-state index contributed by atoms with van der Waals surface area (Å²) in [5, 5.41) is 6.57. The van der Waals surface area contributed by atoms with Crippen LogP contribution < -0.4 is 15.4 Å². The second-order valence-electron chi connectivity index (χ2n) is 5.96. The molecular weight excluding hydrogens is 364 g/mol. The zero-order chi connectivity index (χ0) is 19.4. The minimum absolute atomic E-state index is 0.259. The molecule has 0 aliphatic heterocycles. The van der Waals surface area contributed by atoms with Crippen LogP contribution in [0, 0.1) is 13.8 Å². The Morgan fingerprint density at radius 2 is 1.81 bits per heavy atom. The van der Waals surface area contributed by atoms with Crippen molar-refractivity contribution >= 4 is 34.8 Å². The van der Waals surface area contributed by atoms with E-state index in [0.717, 1.165) is 5.56 Å². The first kappa shape index (κ1) is 18.7. The number of methoxy groups -OCH3 is 1. The van der Waals surface area contributed by atoms with E-state index in [0.29, 0.717) is 33.8 Å². The van der Waals surface area contributed by atoms with E-state index in [1.54, 1.807) is 38.3 Å². The molecule has 0 fully saturated rings. The van der Waals surface area contributed by atoms with Crippen LogP contribution in [0.3, 0.4) is 0 Å². The molecule has 0 aliphatic carbocycles. The Morgan fingerprint density at radius 1 is 1.04 bits per heavy atom. The van der Waals surface area contributed by atoms with E-state index in [-0.39, 0.29) is 11.6 Å². The number of hydrogen-bond acceptors (Lipinski definition) is 5. The number of hydrogen-bond donors (Lipinski definition) is 2. The van der Waals surface area contributed by atoms with Gasteiger partial charge in [-0.2, -0.15) is 0 Å². The smallest absolute Gasteiger partial charge is 0.274 e. The Morgan fingerprint density at radius 3 is 2.56 bits per heavy atom. The highest BCUT2D eigenvalue weighted by Gasteiger charge is 2.13. The lowest BCUT2D eigenvalue weighted by Crippen LogP contribution is -2.16. The minimum atomic E-state index is -0.325. The number of nitrogens with one attached hydrogen (secondary N) is 2. The Balaban J connectivity index is 1.85. The average Bonchev–Trinajstić information content (AvgIpc) is 2.64. The third kappa shape index (κ3) is 4.54. The van der Waals surface area contributed by atoms with Gasteiger partial charge in [-0.3, -0.25) is 4.79 Å². The molecule has 0 saturated carbocycles. The molecule has 0 atom stereocenters. The molecule has 2 N–H and O–H groups in total. The van der Waals surface area contributed by atoms with Crippen molar-refractivity contribution in [2.24, 2.45) is 0 Å². The zero-order valence-electron chi connectivity index (χ0n) is 15.2. The Labute approximate surface area is 162 Å². The van der Waals surface area contributed by atoms with Crippen molar-refractivity contribution in [3.63, 3.8) is 0 Å². The molecule has 27 heavy (non-hydrogen) atoms. The second kappa shape index (κ2) is 8.05. The number of anilines is 3. The summed E-state index contributed by atoms with van der Waals surface area (Å²) in [5.74, 6) is 0.650. The van der Waals surface area contributed by atoms with Gasteiger partial charge in [0.25, 0.3) is 5.91 Å². The molecule has 6 nitrogen and oxygen atoms in total. The predicted molar refractivity (Wildman–Crippen MR) is 107 cm³/mol. The molecule has 0 saturated heterocycles. The van der Waals surface area contributed by atoms with Gasteiger partial charge in [-0.15, -0.1) is 0 Å². The topological polar surface area (TPSA) is 76.1 Å². The van der Waals surface area contributed by atoms with Gasteiger partial charge in [0.2, 0.25) is 5.95 Å². The highest BCUT2D eigenvalue weighted by atomic mass is 35.5. The maximum atomic E-state index is 12.6. The van der Waals surface area contributed by atoms with Gasteiger partial charge in [-0.1, -0.05) is 23.7 Å². The fourth-order valence-corrected chi connectivity index (χ4v) is 2.79. The van der Waals surface area contributed by atoms with Crippen LogP contribution in [0.1, 0.15) is 21.7 Å². The number of rotatable bonds is 5. The molecule has 0 unspecified atom stereocenters. The number of ether oxygens (including phenoxy) is 1. The van der Waals surface area contributed by atoms with E-state index in [2.05, 4.69) is 20.6 Å². The number of halogens is 1. The Hall–Kier alpha value is -3.12. The van der Waals surface area contributed by atoms with Gasteiger partial charge in [0.05, 0.1) is 12.8 Å². The number of carbonyl (C=O) groups is 1. The van der Waals surface area contributed by atoms with Gasteiger partial charge < -0.3 is 15.4 Å². The van der Waals surface area contributed by atoms with E-state index < -0.39 is 0 Å². The fourth-order valence-electron chi connectivity index (χ4n) is 2.56. The first-order valence-corrected chi connectivity index (χ1v) is 8.67. The van der Waals surface area contributed by atoms with Crippen LogP contribution in [-0.2, 0) is 0 Å². The SMILES string of the molecule is COc1ccccc1Nc1nc(C)cc(C(=O)Nc2ccc(Cl)cc2C)n1. The molecule has 0 radical (unpaired) electrons. The standard InChI is InChI=1S/C20H19ClN4O2/c1-12-10-14(21)8-9-15(12)23-19(26)17-11-13(2)22-20(25-17)24-16-6-4-5-7-18(16)27-3/h4-11H,1-3H3,(H,23,26)(H,22,24,25). The molecule has 138 valence electrons. The quantitative estimate of drug-likeness (QED) is 0.665. The average molecular weight is 383 g/mol. The van der Waals surface area contributed by atoms with Gasteiger partial charge in [-0.25, -0.2) is 9.97 Å². The summed E-state index contributed by atoms with van der Waals surface area (Å²) in [6, 6.07) is 14.3. The molecule has 0 bridgehead atoms. The van der Waals surface area contributed by atoms with Crippen LogP contribution in [-0.4, -0.2) is 23.0 Å². The summed E-state index contributed by atoms with van der Waals surface area (Å²) in [6.45, 7) is 3.68. The second-order valence-corrected chi connectivity index (χ2v) is 6.39. The predicted octanol–water partition coefficient (Wildman–Crippen LogP) is 4.75. The van der Waals surface area contributed by atoms with Crippen molar-refractivity contribution in [3.05, 3.63) is 70.5 Å². The van der Waals surface area contributed by atoms with E-state index >= 15 is 0 Å². The molecule has 0 spiro atoms. The highest BCUT2D eigenvalue weighted by molar-refractivity contribution is 6.30. The van der Waals surface area contributed by atoms with E-state index in [4.69, 9.17) is 16.3 Å². The molecule has 1 heterocycles. The summed E-state index contributed by atoms with van der Waals surface area (Å²) in [5.41, 5.74) is 3.19. The summed E-state index contributed by atoms with van der Waals surface area (Å²) in [6.07, 6.45) is 0. The lowest BCUT2D eigenvalue weighted by atomic mass is 10.2. The van der Waals surface area contributed by atoms with Gasteiger partial charge in [-0.05, 0) is 55.8 Å². The molecule has 1 amide bonds. The molecule has 3 rings (SSSR count). The molecular formula is C20H19ClN4O2. The highest BCUT2D eigenvalue weighted by Crippen LogP contribution is 2.26. The van der Waals surface area contributed by atoms with Crippen LogP contribution in [0.4, 0.5) is 17.3 Å². The third-order valence-corrected chi connectivity index (χ3v) is 4.11. The van der Waals surface area contributed by atoms with E-state index in [9.17, 15) is 4.79 Å². The third-order valence-electron chi connectivity index (χ3n) is 3.88. The van der Waals surface area contributed by atoms with Crippen LogP contribution in [0.5, 0.6) is 5.75 Å². The van der Waals surface area contributed by atoms with E-state index in [1.165, 1.54) is 0 Å². The summed E-state index contributed by atoms with van der Waals surface area (Å²) in [4.78, 5) is 21.3. The molecule has 2 aromatic carbocycles. The minimum Gasteiger partial charge on any atom is -0.495 e. The van der Waals surface area contributed by atoms with Gasteiger partial charge in [0.1, 0.15) is 11.4 Å². The largest absolute Gasteiger partial charge is 0.495 e. The normalized spacial score (nSPS) is 10.4. The molecule has 7 heteroatoms. The number of para-hydroxylation sites is 2. The lowest BCUT2D eigenvalue weighted by Gasteiger charge is -2.12. The summed E-state index contributed by atoms with van der Waals surface area (Å²) >= 11 is 5.96. The number of benzene rings is 2. The van der Waals surface area contributed by atoms with Crippen LogP contribution in [0.15, 0.2) is 48.5 Å². The van der Waals surface area contributed by atoms with Gasteiger partial charge >= 0.3 is 0 Å². The van der Waals surface area contributed by atoms with Crippen molar-refractivity contribution < 1.29 is 9.53 Å². The van der Waals surface area contributed by atoms with Crippen molar-refractivity contribution in [2.45, 2.75) is 13.8 Å². The maximum absolute atomic E-state index is 12.6.